The van der Waals surface area contributed by atoms with Crippen LogP contribution in [0.4, 0.5) is 5.69 Å². The summed E-state index contributed by atoms with van der Waals surface area (Å²) in [5.41, 5.74) is 0.798. The van der Waals surface area contributed by atoms with Gasteiger partial charge in [0.1, 0.15) is 5.92 Å². The maximum absolute atomic E-state index is 12.2. The van der Waals surface area contributed by atoms with E-state index in [4.69, 9.17) is 6.42 Å². The summed E-state index contributed by atoms with van der Waals surface area (Å²) >= 11 is 3.37. The van der Waals surface area contributed by atoms with Gasteiger partial charge in [0, 0.05) is 16.7 Å². The Morgan fingerprint density at radius 1 is 1.58 bits per heavy atom. The summed E-state index contributed by atoms with van der Waals surface area (Å²) in [5, 5.41) is 2.56. The number of hydrogen-bond acceptors (Lipinski definition) is 2. The van der Waals surface area contributed by atoms with Crippen LogP contribution in [0, 0.1) is 18.3 Å². The van der Waals surface area contributed by atoms with E-state index in [2.05, 4.69) is 27.2 Å². The van der Waals surface area contributed by atoms with Crippen LogP contribution in [-0.4, -0.2) is 24.9 Å². The lowest BCUT2D eigenvalue weighted by molar-refractivity contribution is -0.131. The minimum atomic E-state index is -0.632. The molecule has 19 heavy (non-hydrogen) atoms. The van der Waals surface area contributed by atoms with Gasteiger partial charge in [-0.05, 0) is 24.6 Å². The highest BCUT2D eigenvalue weighted by atomic mass is 79.9. The molecule has 1 N–H and O–H groups in total. The van der Waals surface area contributed by atoms with E-state index in [0.717, 1.165) is 10.2 Å². The lowest BCUT2D eigenvalue weighted by Gasteiger charge is -2.16. The predicted octanol–water partition coefficient (Wildman–Crippen LogP) is 1.55. The van der Waals surface area contributed by atoms with E-state index in [1.807, 2.05) is 24.3 Å². The van der Waals surface area contributed by atoms with Gasteiger partial charge in [-0.3, -0.25) is 9.59 Å². The van der Waals surface area contributed by atoms with Crippen LogP contribution in [0.2, 0.25) is 0 Å². The molecule has 0 saturated carbocycles. The highest BCUT2D eigenvalue weighted by Gasteiger charge is 2.37. The van der Waals surface area contributed by atoms with Crippen LogP contribution in [0.3, 0.4) is 0 Å². The highest BCUT2D eigenvalue weighted by molar-refractivity contribution is 9.10. The zero-order valence-corrected chi connectivity index (χ0v) is 11.8. The van der Waals surface area contributed by atoms with Crippen molar-refractivity contribution in [3.05, 3.63) is 28.7 Å². The van der Waals surface area contributed by atoms with Crippen molar-refractivity contribution in [2.45, 2.75) is 6.42 Å². The molecule has 0 unspecified atom stereocenters. The van der Waals surface area contributed by atoms with Gasteiger partial charge in [-0.2, -0.15) is 0 Å². The molecular weight excluding hydrogens is 308 g/mol. The summed E-state index contributed by atoms with van der Waals surface area (Å²) in [6.07, 6.45) is 5.60. The van der Waals surface area contributed by atoms with Gasteiger partial charge in [-0.1, -0.05) is 27.9 Å². The lowest BCUT2D eigenvalue weighted by atomic mass is 10.1. The van der Waals surface area contributed by atoms with E-state index < -0.39 is 5.92 Å². The molecule has 1 aromatic rings. The minimum absolute atomic E-state index is 0.152. The molecule has 1 aliphatic heterocycles. The van der Waals surface area contributed by atoms with Crippen molar-refractivity contribution >= 4 is 33.4 Å². The number of carbonyl (C=O) groups excluding carboxylic acids is 2. The fourth-order valence-electron chi connectivity index (χ4n) is 2.08. The Morgan fingerprint density at radius 2 is 2.37 bits per heavy atom. The Hall–Kier alpha value is -1.80. The normalized spacial score (nSPS) is 18.2. The monoisotopic (exact) mass is 320 g/mol. The van der Waals surface area contributed by atoms with Gasteiger partial charge in [0.2, 0.25) is 11.8 Å². The van der Waals surface area contributed by atoms with Gasteiger partial charge < -0.3 is 10.2 Å². The van der Waals surface area contributed by atoms with Crippen molar-refractivity contribution < 1.29 is 9.59 Å². The molecule has 0 bridgehead atoms. The SMILES string of the molecule is C#CCNC(=O)[C@@H]1CCN(c2cccc(Br)c2)C1=O. The van der Waals surface area contributed by atoms with Crippen molar-refractivity contribution in [2.75, 3.05) is 18.0 Å². The molecular formula is C14H13BrN2O2. The molecule has 0 aliphatic carbocycles. The average molecular weight is 321 g/mol. The Labute approximate surface area is 120 Å². The molecule has 4 nitrogen and oxygen atoms in total. The number of nitrogens with one attached hydrogen (secondary N) is 1. The van der Waals surface area contributed by atoms with E-state index in [-0.39, 0.29) is 18.4 Å². The quantitative estimate of drug-likeness (QED) is 0.678. The summed E-state index contributed by atoms with van der Waals surface area (Å²) in [5.74, 6) is 1.23. The standard InChI is InChI=1S/C14H13BrN2O2/c1-2-7-16-13(18)12-6-8-17(14(12)19)11-5-3-4-10(15)9-11/h1,3-5,9,12H,6-8H2,(H,16,18)/t12-/m0/s1. The Morgan fingerprint density at radius 3 is 3.05 bits per heavy atom. The van der Waals surface area contributed by atoms with Crippen LogP contribution in [0.25, 0.3) is 0 Å². The molecule has 0 aromatic heterocycles. The third-order valence-corrected chi connectivity index (χ3v) is 3.50. The summed E-state index contributed by atoms with van der Waals surface area (Å²) < 4.78 is 0.901. The first-order valence-electron chi connectivity index (χ1n) is 5.91. The fraction of sp³-hybridized carbons (Fsp3) is 0.286. The Balaban J connectivity index is 2.10. The second-order valence-corrected chi connectivity index (χ2v) is 5.15. The molecule has 2 rings (SSSR count). The second kappa shape index (κ2) is 5.89. The zero-order valence-electron chi connectivity index (χ0n) is 10.2. The van der Waals surface area contributed by atoms with Gasteiger partial charge in [0.25, 0.3) is 0 Å². The molecule has 2 amide bonds. The van der Waals surface area contributed by atoms with Crippen molar-refractivity contribution in [2.24, 2.45) is 5.92 Å². The summed E-state index contributed by atoms with van der Waals surface area (Å²) in [6.45, 7) is 0.697. The first-order valence-corrected chi connectivity index (χ1v) is 6.71. The van der Waals surface area contributed by atoms with Crippen LogP contribution < -0.4 is 10.2 Å². The molecule has 5 heteroatoms. The predicted molar refractivity (Wildman–Crippen MR) is 76.4 cm³/mol. The van der Waals surface area contributed by atoms with Crippen LogP contribution in [0.5, 0.6) is 0 Å². The van der Waals surface area contributed by atoms with Gasteiger partial charge in [0.15, 0.2) is 0 Å². The second-order valence-electron chi connectivity index (χ2n) is 4.23. The van der Waals surface area contributed by atoms with Gasteiger partial charge in [-0.25, -0.2) is 0 Å². The van der Waals surface area contributed by atoms with Crippen molar-refractivity contribution in [3.8, 4) is 12.3 Å². The van der Waals surface area contributed by atoms with E-state index in [1.54, 1.807) is 4.90 Å². The number of anilines is 1. The third-order valence-electron chi connectivity index (χ3n) is 3.01. The molecule has 1 heterocycles. The van der Waals surface area contributed by atoms with Gasteiger partial charge in [0.05, 0.1) is 6.54 Å². The number of nitrogens with zero attached hydrogens (tertiary/aromatic N) is 1. The summed E-state index contributed by atoms with van der Waals surface area (Å²) in [6, 6.07) is 7.46. The summed E-state index contributed by atoms with van der Waals surface area (Å²) in [4.78, 5) is 25.6. The Kier molecular flexibility index (Phi) is 4.23. The zero-order chi connectivity index (χ0) is 13.8. The maximum atomic E-state index is 12.2. The molecule has 0 spiro atoms. The number of carbonyl (C=O) groups is 2. The van der Waals surface area contributed by atoms with E-state index >= 15 is 0 Å². The summed E-state index contributed by atoms with van der Waals surface area (Å²) in [7, 11) is 0. The van der Waals surface area contributed by atoms with Crippen molar-refractivity contribution in [1.82, 2.24) is 5.32 Å². The van der Waals surface area contributed by atoms with E-state index in [0.29, 0.717) is 13.0 Å². The van der Waals surface area contributed by atoms with Crippen molar-refractivity contribution in [3.63, 3.8) is 0 Å². The number of terminal acetylenes is 1. The Bertz CT molecular complexity index is 551. The molecule has 1 fully saturated rings. The minimum Gasteiger partial charge on any atom is -0.344 e. The first-order chi connectivity index (χ1) is 9.13. The van der Waals surface area contributed by atoms with E-state index in [9.17, 15) is 9.59 Å². The maximum Gasteiger partial charge on any atom is 0.239 e. The van der Waals surface area contributed by atoms with Crippen molar-refractivity contribution in [1.29, 1.82) is 0 Å². The number of benzene rings is 1. The van der Waals surface area contributed by atoms with Crippen LogP contribution in [-0.2, 0) is 9.59 Å². The number of rotatable bonds is 3. The number of hydrogen-bond donors (Lipinski definition) is 1. The highest BCUT2D eigenvalue weighted by Crippen LogP contribution is 2.27. The van der Waals surface area contributed by atoms with Gasteiger partial charge in [-0.15, -0.1) is 6.42 Å². The number of amides is 2. The first kappa shape index (κ1) is 13.6. The third kappa shape index (κ3) is 2.96. The molecule has 1 saturated heterocycles. The molecule has 98 valence electrons. The molecule has 1 atom stereocenters. The van der Waals surface area contributed by atoms with Gasteiger partial charge >= 0.3 is 0 Å². The largest absolute Gasteiger partial charge is 0.344 e. The average Bonchev–Trinajstić information content (AvgIpc) is 2.78. The lowest BCUT2D eigenvalue weighted by Crippen LogP contribution is -2.37. The van der Waals surface area contributed by atoms with E-state index in [1.165, 1.54) is 0 Å². The molecule has 1 aliphatic rings. The van der Waals surface area contributed by atoms with Crippen LogP contribution in [0.15, 0.2) is 28.7 Å². The number of halogens is 1. The van der Waals surface area contributed by atoms with Crippen LogP contribution in [0.1, 0.15) is 6.42 Å². The topological polar surface area (TPSA) is 49.4 Å². The smallest absolute Gasteiger partial charge is 0.239 e. The molecule has 1 aromatic carbocycles. The fourth-order valence-corrected chi connectivity index (χ4v) is 2.47. The molecule has 0 radical (unpaired) electrons. The van der Waals surface area contributed by atoms with Crippen LogP contribution >= 0.6 is 15.9 Å².